The second kappa shape index (κ2) is 11.0. The quantitative estimate of drug-likeness (QED) is 0.429. The maximum Gasteiger partial charge on any atom is 0.414 e. The van der Waals surface area contributed by atoms with E-state index in [2.05, 4.69) is 9.80 Å². The lowest BCUT2D eigenvalue weighted by molar-refractivity contribution is -0.384. The van der Waals surface area contributed by atoms with Gasteiger partial charge in [0, 0.05) is 57.0 Å². The van der Waals surface area contributed by atoms with Crippen LogP contribution in [0, 0.1) is 15.9 Å². The summed E-state index contributed by atoms with van der Waals surface area (Å²) in [6.45, 7) is 5.02. The summed E-state index contributed by atoms with van der Waals surface area (Å²) >= 11 is 0. The SMILES string of the molecule is O=C(O)C(=O)O.O=[N+]([O-])c1ccc(CN2CCN(Cc3ccccc3F)CC2)cc1. The molecule has 2 aromatic carbocycles. The largest absolute Gasteiger partial charge is 0.473 e. The maximum atomic E-state index is 13.7. The van der Waals surface area contributed by atoms with Crippen molar-refractivity contribution in [3.8, 4) is 0 Å². The minimum Gasteiger partial charge on any atom is -0.473 e. The number of nitrogens with zero attached hydrogens (tertiary/aromatic N) is 3. The fraction of sp³-hybridized carbons (Fsp3) is 0.300. The first kappa shape index (κ1) is 22.9. The predicted octanol–water partition coefficient (Wildman–Crippen LogP) is 2.21. The Balaban J connectivity index is 0.000000469. The van der Waals surface area contributed by atoms with Crippen LogP contribution in [0.5, 0.6) is 0 Å². The van der Waals surface area contributed by atoms with E-state index >= 15 is 0 Å². The van der Waals surface area contributed by atoms with Gasteiger partial charge in [-0.25, -0.2) is 14.0 Å². The van der Waals surface area contributed by atoms with Crippen molar-refractivity contribution in [1.29, 1.82) is 0 Å². The Morgan fingerprint density at radius 1 is 0.900 bits per heavy atom. The van der Waals surface area contributed by atoms with Crippen LogP contribution in [0.3, 0.4) is 0 Å². The van der Waals surface area contributed by atoms with Crippen molar-refractivity contribution in [2.75, 3.05) is 26.2 Å². The Labute approximate surface area is 172 Å². The summed E-state index contributed by atoms with van der Waals surface area (Å²) in [5, 5.41) is 25.5. The van der Waals surface area contributed by atoms with Crippen molar-refractivity contribution in [2.45, 2.75) is 13.1 Å². The first-order valence-electron chi connectivity index (χ1n) is 9.14. The number of hydrogen-bond donors (Lipinski definition) is 2. The van der Waals surface area contributed by atoms with E-state index < -0.39 is 11.9 Å². The number of nitro benzene ring substituents is 1. The molecule has 0 saturated carbocycles. The van der Waals surface area contributed by atoms with Crippen molar-refractivity contribution in [3.05, 3.63) is 75.6 Å². The Bertz CT molecular complexity index is 870. The predicted molar refractivity (Wildman–Crippen MR) is 105 cm³/mol. The monoisotopic (exact) mass is 419 g/mol. The van der Waals surface area contributed by atoms with E-state index in [0.717, 1.165) is 43.9 Å². The fourth-order valence-corrected chi connectivity index (χ4v) is 2.95. The first-order chi connectivity index (χ1) is 14.3. The van der Waals surface area contributed by atoms with Crippen molar-refractivity contribution >= 4 is 17.6 Å². The molecule has 9 nitrogen and oxygen atoms in total. The number of halogens is 1. The summed E-state index contributed by atoms with van der Waals surface area (Å²) in [6, 6.07) is 13.6. The second-order valence-electron chi connectivity index (χ2n) is 6.68. The zero-order valence-corrected chi connectivity index (χ0v) is 16.1. The van der Waals surface area contributed by atoms with Gasteiger partial charge >= 0.3 is 11.9 Å². The van der Waals surface area contributed by atoms with Crippen molar-refractivity contribution in [2.24, 2.45) is 0 Å². The van der Waals surface area contributed by atoms with Crippen LogP contribution in [-0.4, -0.2) is 63.1 Å². The lowest BCUT2D eigenvalue weighted by Gasteiger charge is -2.34. The maximum absolute atomic E-state index is 13.7. The minimum atomic E-state index is -1.82. The second-order valence-corrected chi connectivity index (χ2v) is 6.68. The molecule has 1 saturated heterocycles. The van der Waals surface area contributed by atoms with Gasteiger partial charge in [-0.2, -0.15) is 0 Å². The molecule has 3 rings (SSSR count). The minimum absolute atomic E-state index is 0.119. The summed E-state index contributed by atoms with van der Waals surface area (Å²) in [5.74, 6) is -3.80. The number of non-ortho nitro benzene ring substituents is 1. The third-order valence-corrected chi connectivity index (χ3v) is 4.55. The number of benzene rings is 2. The van der Waals surface area contributed by atoms with Crippen LogP contribution in [0.1, 0.15) is 11.1 Å². The summed E-state index contributed by atoms with van der Waals surface area (Å²) < 4.78 is 13.7. The highest BCUT2D eigenvalue weighted by atomic mass is 19.1. The highest BCUT2D eigenvalue weighted by Crippen LogP contribution is 2.16. The normalized spacial score (nSPS) is 14.4. The van der Waals surface area contributed by atoms with Gasteiger partial charge in [-0.3, -0.25) is 19.9 Å². The van der Waals surface area contributed by atoms with Gasteiger partial charge < -0.3 is 10.2 Å². The van der Waals surface area contributed by atoms with Crippen LogP contribution < -0.4 is 0 Å². The Hall–Kier alpha value is -3.37. The van der Waals surface area contributed by atoms with E-state index in [1.54, 1.807) is 18.2 Å². The lowest BCUT2D eigenvalue weighted by Crippen LogP contribution is -2.45. The van der Waals surface area contributed by atoms with Gasteiger partial charge in [0.05, 0.1) is 4.92 Å². The van der Waals surface area contributed by atoms with Crippen LogP contribution in [-0.2, 0) is 22.7 Å². The van der Waals surface area contributed by atoms with Crippen LogP contribution >= 0.6 is 0 Å². The molecule has 2 aromatic rings. The molecule has 1 aliphatic heterocycles. The van der Waals surface area contributed by atoms with Gasteiger partial charge in [-0.15, -0.1) is 0 Å². The molecule has 160 valence electrons. The number of hydrogen-bond acceptors (Lipinski definition) is 6. The molecule has 0 atom stereocenters. The Morgan fingerprint density at radius 2 is 1.40 bits per heavy atom. The molecule has 10 heteroatoms. The van der Waals surface area contributed by atoms with Gasteiger partial charge in [0.2, 0.25) is 0 Å². The zero-order valence-electron chi connectivity index (χ0n) is 16.1. The van der Waals surface area contributed by atoms with Gasteiger partial charge in [0.15, 0.2) is 0 Å². The molecule has 0 radical (unpaired) electrons. The molecule has 0 aliphatic carbocycles. The molecular formula is C20H22FN3O6. The molecule has 0 bridgehead atoms. The number of piperazine rings is 1. The summed E-state index contributed by atoms with van der Waals surface area (Å²) in [5.41, 5.74) is 1.93. The number of carbonyl (C=O) groups is 2. The van der Waals surface area contributed by atoms with Gasteiger partial charge in [-0.05, 0) is 11.6 Å². The summed E-state index contributed by atoms with van der Waals surface area (Å²) in [7, 11) is 0. The number of rotatable bonds is 5. The molecule has 1 aliphatic rings. The molecule has 1 heterocycles. The van der Waals surface area contributed by atoms with Crippen LogP contribution in [0.4, 0.5) is 10.1 Å². The highest BCUT2D eigenvalue weighted by molar-refractivity contribution is 6.27. The third kappa shape index (κ3) is 7.22. The van der Waals surface area contributed by atoms with Crippen LogP contribution in [0.15, 0.2) is 48.5 Å². The van der Waals surface area contributed by atoms with E-state index in [1.807, 2.05) is 24.3 Å². The smallest absolute Gasteiger partial charge is 0.414 e. The standard InChI is InChI=1S/C18H20FN3O2.C2H2O4/c19-18-4-2-1-3-16(18)14-21-11-9-20(10-12-21)13-15-5-7-17(8-6-15)22(23)24;3-1(4)2(5)6/h1-8H,9-14H2;(H,3,4)(H,5,6). The Kier molecular flexibility index (Phi) is 8.39. The van der Waals surface area contributed by atoms with Gasteiger partial charge in [-0.1, -0.05) is 30.3 Å². The molecule has 1 fully saturated rings. The summed E-state index contributed by atoms with van der Waals surface area (Å²) in [6.07, 6.45) is 0. The number of carboxylic acids is 2. The van der Waals surface area contributed by atoms with Crippen molar-refractivity contribution in [3.63, 3.8) is 0 Å². The molecular weight excluding hydrogens is 397 g/mol. The molecule has 0 unspecified atom stereocenters. The average Bonchev–Trinajstić information content (AvgIpc) is 2.72. The molecule has 0 amide bonds. The van der Waals surface area contributed by atoms with E-state index in [0.29, 0.717) is 6.54 Å². The van der Waals surface area contributed by atoms with E-state index in [1.165, 1.54) is 6.07 Å². The van der Waals surface area contributed by atoms with E-state index in [-0.39, 0.29) is 16.4 Å². The topological polar surface area (TPSA) is 124 Å². The lowest BCUT2D eigenvalue weighted by atomic mass is 10.1. The molecule has 30 heavy (non-hydrogen) atoms. The van der Waals surface area contributed by atoms with E-state index in [4.69, 9.17) is 19.8 Å². The highest BCUT2D eigenvalue weighted by Gasteiger charge is 2.18. The van der Waals surface area contributed by atoms with Crippen molar-refractivity contribution in [1.82, 2.24) is 9.80 Å². The van der Waals surface area contributed by atoms with Gasteiger partial charge in [0.1, 0.15) is 5.82 Å². The fourth-order valence-electron chi connectivity index (χ4n) is 2.95. The number of aliphatic carboxylic acids is 2. The summed E-state index contributed by atoms with van der Waals surface area (Å²) in [4.78, 5) is 33.1. The van der Waals surface area contributed by atoms with Crippen LogP contribution in [0.2, 0.25) is 0 Å². The average molecular weight is 419 g/mol. The van der Waals surface area contributed by atoms with Crippen molar-refractivity contribution < 1.29 is 29.1 Å². The molecule has 0 spiro atoms. The number of carboxylic acid groups (broad SMARTS) is 2. The third-order valence-electron chi connectivity index (χ3n) is 4.55. The van der Waals surface area contributed by atoms with E-state index in [9.17, 15) is 14.5 Å². The molecule has 2 N–H and O–H groups in total. The Morgan fingerprint density at radius 3 is 1.87 bits per heavy atom. The van der Waals surface area contributed by atoms with Gasteiger partial charge in [0.25, 0.3) is 5.69 Å². The zero-order chi connectivity index (χ0) is 22.1. The first-order valence-corrected chi connectivity index (χ1v) is 9.14. The molecule has 0 aromatic heterocycles. The van der Waals surface area contributed by atoms with Crippen LogP contribution in [0.25, 0.3) is 0 Å². The number of nitro groups is 1.